The maximum Gasteiger partial charge on any atom is 0.222 e. The third-order valence-electron chi connectivity index (χ3n) is 6.22. The zero-order chi connectivity index (χ0) is 18.3. The Kier molecular flexibility index (Phi) is 8.53. The fraction of sp³-hybridized carbons (Fsp3) is 0.864. The van der Waals surface area contributed by atoms with E-state index in [-0.39, 0.29) is 0 Å². The maximum absolute atomic E-state index is 12.3. The van der Waals surface area contributed by atoms with Crippen LogP contribution in [0.5, 0.6) is 0 Å². The van der Waals surface area contributed by atoms with Gasteiger partial charge in [0.2, 0.25) is 5.91 Å². The van der Waals surface area contributed by atoms with Crippen molar-refractivity contribution in [2.24, 2.45) is 23.2 Å². The lowest BCUT2D eigenvalue weighted by Gasteiger charge is -2.42. The molecule has 24 heavy (non-hydrogen) atoms. The Morgan fingerprint density at radius 3 is 2.21 bits per heavy atom. The average Bonchev–Trinajstić information content (AvgIpc) is 2.94. The van der Waals surface area contributed by atoms with Gasteiger partial charge in [-0.05, 0) is 48.9 Å². The minimum Gasteiger partial charge on any atom is -0.339 e. The minimum absolute atomic E-state index is 0.292. The van der Waals surface area contributed by atoms with E-state index in [0.29, 0.717) is 29.2 Å². The van der Waals surface area contributed by atoms with Gasteiger partial charge in [0, 0.05) is 19.0 Å². The number of carbonyl (C=O) groups is 1. The summed E-state index contributed by atoms with van der Waals surface area (Å²) in [4.78, 5) is 14.4. The highest BCUT2D eigenvalue weighted by Gasteiger charge is 2.37. The third kappa shape index (κ3) is 5.93. The molecule has 0 aromatic carbocycles. The van der Waals surface area contributed by atoms with E-state index < -0.39 is 0 Å². The molecule has 1 amide bonds. The third-order valence-corrected chi connectivity index (χ3v) is 6.22. The number of allylic oxidation sites excluding steroid dienone is 2. The predicted molar refractivity (Wildman–Crippen MR) is 105 cm³/mol. The van der Waals surface area contributed by atoms with Crippen LogP contribution in [0.2, 0.25) is 0 Å². The normalized spacial score (nSPS) is 21.0. The molecule has 0 spiro atoms. The van der Waals surface area contributed by atoms with Crippen LogP contribution in [0.15, 0.2) is 12.2 Å². The van der Waals surface area contributed by atoms with Gasteiger partial charge in [-0.15, -0.1) is 0 Å². The van der Waals surface area contributed by atoms with Crippen LogP contribution in [0.4, 0.5) is 0 Å². The molecule has 0 aromatic rings. The Balaban J connectivity index is 2.75. The topological polar surface area (TPSA) is 20.3 Å². The Morgan fingerprint density at radius 1 is 1.12 bits per heavy atom. The van der Waals surface area contributed by atoms with Gasteiger partial charge < -0.3 is 4.90 Å². The number of rotatable bonds is 10. The van der Waals surface area contributed by atoms with E-state index in [1.165, 1.54) is 12.8 Å². The lowest BCUT2D eigenvalue weighted by Crippen LogP contribution is -2.44. The van der Waals surface area contributed by atoms with Crippen LogP contribution < -0.4 is 0 Å². The molecule has 140 valence electrons. The van der Waals surface area contributed by atoms with Gasteiger partial charge in [-0.3, -0.25) is 4.79 Å². The second-order valence-electron chi connectivity index (χ2n) is 8.95. The number of hydrogen-bond acceptors (Lipinski definition) is 1. The van der Waals surface area contributed by atoms with Gasteiger partial charge in [0.1, 0.15) is 0 Å². The molecule has 0 N–H and O–H groups in total. The molecular weight excluding hydrogens is 294 g/mol. The first-order chi connectivity index (χ1) is 11.2. The summed E-state index contributed by atoms with van der Waals surface area (Å²) in [5.74, 6) is 2.28. The van der Waals surface area contributed by atoms with Gasteiger partial charge in [0.05, 0.1) is 0 Å². The van der Waals surface area contributed by atoms with Crippen LogP contribution in [0.1, 0.15) is 87.0 Å². The van der Waals surface area contributed by atoms with E-state index in [2.05, 4.69) is 65.5 Å². The molecule has 2 heteroatoms. The Hall–Kier alpha value is -0.790. The summed E-state index contributed by atoms with van der Waals surface area (Å²) in [5, 5.41) is 0. The first-order valence-electron chi connectivity index (χ1n) is 10.2. The van der Waals surface area contributed by atoms with Crippen LogP contribution in [0.3, 0.4) is 0 Å². The van der Waals surface area contributed by atoms with Crippen LogP contribution in [0, 0.1) is 23.2 Å². The molecule has 0 aromatic heterocycles. The molecule has 0 radical (unpaired) electrons. The molecule has 1 aliphatic heterocycles. The molecular formula is C22H41NO. The Bertz CT molecular complexity index is 412. The largest absolute Gasteiger partial charge is 0.339 e. The van der Waals surface area contributed by atoms with Crippen LogP contribution >= 0.6 is 0 Å². The van der Waals surface area contributed by atoms with E-state index >= 15 is 0 Å². The van der Waals surface area contributed by atoms with Crippen molar-refractivity contribution in [1.82, 2.24) is 4.90 Å². The van der Waals surface area contributed by atoms with Gasteiger partial charge in [-0.25, -0.2) is 0 Å². The molecule has 1 saturated heterocycles. The Morgan fingerprint density at radius 2 is 1.75 bits per heavy atom. The van der Waals surface area contributed by atoms with Gasteiger partial charge in [0.15, 0.2) is 0 Å². The number of amides is 1. The molecule has 1 rings (SSSR count). The molecule has 0 bridgehead atoms. The highest BCUT2D eigenvalue weighted by atomic mass is 16.2. The highest BCUT2D eigenvalue weighted by Crippen LogP contribution is 2.41. The number of likely N-dealkylation sites (tertiary alicyclic amines) is 1. The Labute approximate surface area is 151 Å². The van der Waals surface area contributed by atoms with E-state index in [4.69, 9.17) is 0 Å². The van der Waals surface area contributed by atoms with Gasteiger partial charge in [-0.2, -0.15) is 0 Å². The van der Waals surface area contributed by atoms with E-state index in [1.54, 1.807) is 0 Å². The van der Waals surface area contributed by atoms with Crippen molar-refractivity contribution in [3.8, 4) is 0 Å². The van der Waals surface area contributed by atoms with Crippen LogP contribution in [-0.4, -0.2) is 23.4 Å². The number of hydrogen-bond donors (Lipinski definition) is 0. The summed E-state index contributed by atoms with van der Waals surface area (Å²) in [7, 11) is 0. The van der Waals surface area contributed by atoms with Gasteiger partial charge in [-0.1, -0.05) is 67.0 Å². The second-order valence-corrected chi connectivity index (χ2v) is 8.95. The fourth-order valence-corrected chi connectivity index (χ4v) is 3.85. The summed E-state index contributed by atoms with van der Waals surface area (Å²) in [6.45, 7) is 17.2. The highest BCUT2D eigenvalue weighted by molar-refractivity contribution is 5.78. The first-order valence-corrected chi connectivity index (χ1v) is 10.2. The molecule has 0 aliphatic carbocycles. The van der Waals surface area contributed by atoms with E-state index in [0.717, 1.165) is 38.1 Å². The lowest BCUT2D eigenvalue weighted by atomic mass is 9.69. The van der Waals surface area contributed by atoms with E-state index in [9.17, 15) is 4.79 Å². The summed E-state index contributed by atoms with van der Waals surface area (Å²) in [6.07, 6.45) is 11.1. The molecule has 1 fully saturated rings. The molecule has 2 nitrogen and oxygen atoms in total. The van der Waals surface area contributed by atoms with Gasteiger partial charge in [0.25, 0.3) is 0 Å². The van der Waals surface area contributed by atoms with Crippen molar-refractivity contribution < 1.29 is 4.79 Å². The molecule has 0 saturated carbocycles. The van der Waals surface area contributed by atoms with Crippen molar-refractivity contribution in [2.75, 3.05) is 6.54 Å². The first kappa shape index (κ1) is 21.3. The monoisotopic (exact) mass is 335 g/mol. The second kappa shape index (κ2) is 9.63. The summed E-state index contributed by atoms with van der Waals surface area (Å²) >= 11 is 0. The van der Waals surface area contributed by atoms with Crippen molar-refractivity contribution in [1.29, 1.82) is 0 Å². The fourth-order valence-electron chi connectivity index (χ4n) is 3.85. The molecule has 3 unspecified atom stereocenters. The maximum atomic E-state index is 12.3. The number of nitrogens with zero attached hydrogens (tertiary/aromatic N) is 1. The molecule has 1 aliphatic rings. The van der Waals surface area contributed by atoms with Crippen molar-refractivity contribution in [2.45, 2.75) is 93.0 Å². The van der Waals surface area contributed by atoms with Crippen molar-refractivity contribution in [3.63, 3.8) is 0 Å². The van der Waals surface area contributed by atoms with Crippen molar-refractivity contribution in [3.05, 3.63) is 12.2 Å². The molecule has 3 atom stereocenters. The zero-order valence-electron chi connectivity index (χ0n) is 17.3. The standard InChI is InChI=1S/C22H41NO/c1-8-22(7,19(6)13-10-9-12-17(2)3)16-20(18(4)5)23-15-11-14-21(23)24/h9-10,17-20H,8,11-16H2,1-7H3/b10-9-. The van der Waals surface area contributed by atoms with Crippen molar-refractivity contribution >= 4 is 5.91 Å². The average molecular weight is 336 g/mol. The quantitative estimate of drug-likeness (QED) is 0.444. The van der Waals surface area contributed by atoms with Crippen LogP contribution in [-0.2, 0) is 4.79 Å². The van der Waals surface area contributed by atoms with E-state index in [1.807, 2.05) is 0 Å². The lowest BCUT2D eigenvalue weighted by molar-refractivity contribution is -0.131. The number of carbonyl (C=O) groups excluding carboxylic acids is 1. The van der Waals surface area contributed by atoms with Crippen LogP contribution in [0.25, 0.3) is 0 Å². The molecule has 1 heterocycles. The SMILES string of the molecule is CCC(C)(CC(C(C)C)N1CCCC1=O)C(C)C/C=C\CC(C)C. The zero-order valence-corrected chi connectivity index (χ0v) is 17.3. The summed E-state index contributed by atoms with van der Waals surface area (Å²) in [6, 6.07) is 0.395. The summed E-state index contributed by atoms with van der Waals surface area (Å²) < 4.78 is 0. The minimum atomic E-state index is 0.292. The summed E-state index contributed by atoms with van der Waals surface area (Å²) in [5.41, 5.74) is 0.292. The van der Waals surface area contributed by atoms with Gasteiger partial charge >= 0.3 is 0 Å². The predicted octanol–water partition coefficient (Wildman–Crippen LogP) is 6.07. The smallest absolute Gasteiger partial charge is 0.222 e.